The highest BCUT2D eigenvalue weighted by atomic mass is 35.5. The van der Waals surface area contributed by atoms with Gasteiger partial charge in [0.1, 0.15) is 11.4 Å². The SMILES string of the molecule is Cn1c(C(=O)c2ccccc2)c(/N=N/c2ccc(Cl)cc2)c2ccccc21. The van der Waals surface area contributed by atoms with Gasteiger partial charge in [-0.3, -0.25) is 4.79 Å². The van der Waals surface area contributed by atoms with Gasteiger partial charge in [-0.2, -0.15) is 5.11 Å². The van der Waals surface area contributed by atoms with Gasteiger partial charge in [0.05, 0.1) is 11.2 Å². The lowest BCUT2D eigenvalue weighted by Gasteiger charge is -2.04. The van der Waals surface area contributed by atoms with Crippen molar-refractivity contribution in [2.24, 2.45) is 17.3 Å². The van der Waals surface area contributed by atoms with Crippen molar-refractivity contribution in [2.45, 2.75) is 0 Å². The van der Waals surface area contributed by atoms with Crippen LogP contribution < -0.4 is 0 Å². The van der Waals surface area contributed by atoms with Crippen molar-refractivity contribution in [1.82, 2.24) is 4.57 Å². The van der Waals surface area contributed by atoms with E-state index in [1.54, 1.807) is 36.4 Å². The summed E-state index contributed by atoms with van der Waals surface area (Å²) in [7, 11) is 1.87. The topological polar surface area (TPSA) is 46.7 Å². The van der Waals surface area contributed by atoms with Crippen LogP contribution in [-0.4, -0.2) is 10.4 Å². The van der Waals surface area contributed by atoms with E-state index in [1.807, 2.05) is 54.1 Å². The van der Waals surface area contributed by atoms with Crippen LogP contribution in [0.1, 0.15) is 16.1 Å². The fourth-order valence-corrected chi connectivity index (χ4v) is 3.20. The zero-order valence-electron chi connectivity index (χ0n) is 14.6. The predicted molar refractivity (Wildman–Crippen MR) is 108 cm³/mol. The number of carbonyl (C=O) groups excluding carboxylic acids is 1. The molecule has 0 aliphatic rings. The molecule has 0 unspecified atom stereocenters. The van der Waals surface area contributed by atoms with Gasteiger partial charge in [-0.15, -0.1) is 5.11 Å². The summed E-state index contributed by atoms with van der Waals surface area (Å²) < 4.78 is 1.88. The molecule has 27 heavy (non-hydrogen) atoms. The van der Waals surface area contributed by atoms with Crippen LogP contribution in [-0.2, 0) is 7.05 Å². The maximum atomic E-state index is 13.2. The van der Waals surface area contributed by atoms with Gasteiger partial charge in [-0.25, -0.2) is 0 Å². The number of hydrogen-bond acceptors (Lipinski definition) is 3. The molecule has 3 aromatic carbocycles. The molecule has 132 valence electrons. The minimum Gasteiger partial charge on any atom is -0.339 e. The van der Waals surface area contributed by atoms with E-state index in [0.29, 0.717) is 27.7 Å². The van der Waals surface area contributed by atoms with E-state index in [2.05, 4.69) is 10.2 Å². The Balaban J connectivity index is 1.88. The van der Waals surface area contributed by atoms with E-state index in [4.69, 9.17) is 11.6 Å². The average molecular weight is 374 g/mol. The van der Waals surface area contributed by atoms with Crippen LogP contribution in [0.15, 0.2) is 89.1 Å². The molecular formula is C22H16ClN3O. The number of nitrogens with zero attached hydrogens (tertiary/aromatic N) is 3. The smallest absolute Gasteiger partial charge is 0.211 e. The molecule has 0 spiro atoms. The van der Waals surface area contributed by atoms with Gasteiger partial charge in [-0.1, -0.05) is 60.1 Å². The van der Waals surface area contributed by atoms with Crippen LogP contribution in [0.2, 0.25) is 5.02 Å². The van der Waals surface area contributed by atoms with Gasteiger partial charge in [0.15, 0.2) is 0 Å². The van der Waals surface area contributed by atoms with Crippen molar-refractivity contribution in [2.75, 3.05) is 0 Å². The van der Waals surface area contributed by atoms with E-state index >= 15 is 0 Å². The summed E-state index contributed by atoms with van der Waals surface area (Å²) in [4.78, 5) is 13.2. The quantitative estimate of drug-likeness (QED) is 0.298. The highest BCUT2D eigenvalue weighted by Crippen LogP contribution is 2.35. The number of azo groups is 1. The van der Waals surface area contributed by atoms with Crippen LogP contribution in [0, 0.1) is 0 Å². The first-order chi connectivity index (χ1) is 13.1. The molecule has 0 saturated heterocycles. The Morgan fingerprint density at radius 2 is 1.52 bits per heavy atom. The molecule has 0 fully saturated rings. The largest absolute Gasteiger partial charge is 0.339 e. The lowest BCUT2D eigenvalue weighted by molar-refractivity contribution is 0.103. The van der Waals surface area contributed by atoms with Crippen LogP contribution >= 0.6 is 11.6 Å². The molecule has 1 aromatic heterocycles. The molecule has 0 radical (unpaired) electrons. The van der Waals surface area contributed by atoms with Crippen molar-refractivity contribution in [1.29, 1.82) is 0 Å². The normalized spacial score (nSPS) is 11.3. The van der Waals surface area contributed by atoms with E-state index in [-0.39, 0.29) is 5.78 Å². The maximum absolute atomic E-state index is 13.2. The molecule has 0 atom stereocenters. The summed E-state index contributed by atoms with van der Waals surface area (Å²) in [5, 5.41) is 10.3. The molecule has 4 rings (SSSR count). The summed E-state index contributed by atoms with van der Waals surface area (Å²) in [6.45, 7) is 0. The van der Waals surface area contributed by atoms with Crippen molar-refractivity contribution < 1.29 is 4.79 Å². The van der Waals surface area contributed by atoms with Crippen LogP contribution in [0.3, 0.4) is 0 Å². The summed E-state index contributed by atoms with van der Waals surface area (Å²) in [6, 6.07) is 24.1. The van der Waals surface area contributed by atoms with Gasteiger partial charge in [-0.05, 0) is 30.3 Å². The number of carbonyl (C=O) groups is 1. The molecule has 0 saturated carbocycles. The number of aryl methyl sites for hydroxylation is 1. The Morgan fingerprint density at radius 3 is 2.26 bits per heavy atom. The van der Waals surface area contributed by atoms with E-state index in [0.717, 1.165) is 10.9 Å². The minimum absolute atomic E-state index is 0.0839. The van der Waals surface area contributed by atoms with E-state index < -0.39 is 0 Å². The Kier molecular flexibility index (Phi) is 4.57. The van der Waals surface area contributed by atoms with Crippen molar-refractivity contribution in [3.8, 4) is 0 Å². The highest BCUT2D eigenvalue weighted by molar-refractivity contribution is 6.30. The van der Waals surface area contributed by atoms with Crippen molar-refractivity contribution in [3.63, 3.8) is 0 Å². The summed E-state index contributed by atoms with van der Waals surface area (Å²) in [5.41, 5.74) is 3.30. The molecule has 0 N–H and O–H groups in total. The summed E-state index contributed by atoms with van der Waals surface area (Å²) in [6.07, 6.45) is 0. The molecule has 0 aliphatic carbocycles. The highest BCUT2D eigenvalue weighted by Gasteiger charge is 2.22. The number of benzene rings is 3. The first-order valence-corrected chi connectivity index (χ1v) is 8.87. The minimum atomic E-state index is -0.0839. The first kappa shape index (κ1) is 17.2. The lowest BCUT2D eigenvalue weighted by atomic mass is 10.1. The zero-order chi connectivity index (χ0) is 18.8. The zero-order valence-corrected chi connectivity index (χ0v) is 15.4. The Morgan fingerprint density at radius 1 is 0.852 bits per heavy atom. The number of fused-ring (bicyclic) bond motifs is 1. The number of rotatable bonds is 4. The van der Waals surface area contributed by atoms with Gasteiger partial charge in [0.25, 0.3) is 0 Å². The molecule has 0 amide bonds. The fourth-order valence-electron chi connectivity index (χ4n) is 3.08. The van der Waals surface area contributed by atoms with Crippen LogP contribution in [0.25, 0.3) is 10.9 Å². The van der Waals surface area contributed by atoms with Crippen LogP contribution in [0.5, 0.6) is 0 Å². The number of hydrogen-bond donors (Lipinski definition) is 0. The second kappa shape index (κ2) is 7.17. The second-order valence-electron chi connectivity index (χ2n) is 6.14. The summed E-state index contributed by atoms with van der Waals surface area (Å²) in [5.74, 6) is -0.0839. The predicted octanol–water partition coefficient (Wildman–Crippen LogP) is 6.48. The van der Waals surface area contributed by atoms with Crippen LogP contribution in [0.4, 0.5) is 11.4 Å². The molecule has 0 aliphatic heterocycles. The number of halogens is 1. The number of ketones is 1. The molecule has 1 heterocycles. The Labute approximate surface area is 161 Å². The third kappa shape index (κ3) is 3.27. The standard InChI is InChI=1S/C22H16ClN3O/c1-26-19-10-6-5-9-18(19)20(25-24-17-13-11-16(23)12-14-17)21(26)22(27)15-7-3-2-4-8-15/h2-14H,1H3/b25-24+. The molecule has 4 aromatic rings. The first-order valence-electron chi connectivity index (χ1n) is 8.49. The van der Waals surface area contributed by atoms with E-state index in [9.17, 15) is 4.79 Å². The van der Waals surface area contributed by atoms with Gasteiger partial charge >= 0.3 is 0 Å². The maximum Gasteiger partial charge on any atom is 0.211 e. The molecule has 5 heteroatoms. The van der Waals surface area contributed by atoms with E-state index in [1.165, 1.54) is 0 Å². The molecule has 4 nitrogen and oxygen atoms in total. The fraction of sp³-hybridized carbons (Fsp3) is 0.0455. The van der Waals surface area contributed by atoms with Crippen molar-refractivity contribution >= 4 is 39.7 Å². The number of para-hydroxylation sites is 1. The van der Waals surface area contributed by atoms with Gasteiger partial charge < -0.3 is 4.57 Å². The number of aromatic nitrogens is 1. The molecular weight excluding hydrogens is 358 g/mol. The average Bonchev–Trinajstić information content (AvgIpc) is 3.00. The van der Waals surface area contributed by atoms with Gasteiger partial charge in [0.2, 0.25) is 5.78 Å². The summed E-state index contributed by atoms with van der Waals surface area (Å²) >= 11 is 5.92. The third-order valence-corrected chi connectivity index (χ3v) is 4.68. The third-order valence-electron chi connectivity index (χ3n) is 4.42. The lowest BCUT2D eigenvalue weighted by Crippen LogP contribution is -2.07. The van der Waals surface area contributed by atoms with Gasteiger partial charge in [0, 0.05) is 23.0 Å². The monoisotopic (exact) mass is 373 g/mol. The van der Waals surface area contributed by atoms with Crippen molar-refractivity contribution in [3.05, 3.63) is 95.1 Å². The Bertz CT molecular complexity index is 1150. The second-order valence-corrected chi connectivity index (χ2v) is 6.58. The molecule has 0 bridgehead atoms. The Hall–Kier alpha value is -3.24.